The molecule has 1 amide bonds. The van der Waals surface area contributed by atoms with Crippen LogP contribution in [0, 0.1) is 5.92 Å². The van der Waals surface area contributed by atoms with E-state index in [1.807, 2.05) is 11.0 Å². The summed E-state index contributed by atoms with van der Waals surface area (Å²) < 4.78 is 0. The van der Waals surface area contributed by atoms with Crippen LogP contribution >= 0.6 is 35.7 Å². The maximum absolute atomic E-state index is 12.7. The lowest BCUT2D eigenvalue weighted by Crippen LogP contribution is -2.50. The zero-order chi connectivity index (χ0) is 21.3. The molecule has 3 heterocycles. The van der Waals surface area contributed by atoms with E-state index >= 15 is 0 Å². The largest absolute Gasteiger partial charge is 0.357 e. The molecular weight excluding hydrogens is 525 g/mol. The number of hydrogen-bond donors (Lipinski definition) is 1. The number of guanidine groups is 1. The standard InChI is InChI=1S/C21H35N7OS.HI/c1-4-22-20(28-14-15-30-18(16-28)17(2)3)25-9-6-19(29)26-10-12-27(13-11-26)21-23-7-5-8-24-21;/h5,7-8,17-18H,4,6,9-16H2,1-3H3,(H,22,25);1H. The molecule has 1 aromatic heterocycles. The highest BCUT2D eigenvalue weighted by Crippen LogP contribution is 2.24. The van der Waals surface area contributed by atoms with Crippen LogP contribution in [0.3, 0.4) is 0 Å². The number of thioether (sulfide) groups is 1. The summed E-state index contributed by atoms with van der Waals surface area (Å²) in [5.74, 6) is 3.65. The first kappa shape index (κ1) is 26.0. The van der Waals surface area contributed by atoms with Crippen molar-refractivity contribution in [2.24, 2.45) is 10.9 Å². The van der Waals surface area contributed by atoms with Crippen LogP contribution in [-0.4, -0.2) is 95.0 Å². The van der Waals surface area contributed by atoms with Crippen LogP contribution in [0.1, 0.15) is 27.2 Å². The van der Waals surface area contributed by atoms with E-state index in [4.69, 9.17) is 4.99 Å². The normalized spacial score (nSPS) is 19.9. The zero-order valence-electron chi connectivity index (χ0n) is 18.9. The lowest BCUT2D eigenvalue weighted by Gasteiger charge is -2.36. The van der Waals surface area contributed by atoms with Gasteiger partial charge in [0, 0.05) is 75.6 Å². The number of aromatic nitrogens is 2. The molecule has 0 aliphatic carbocycles. The second-order valence-electron chi connectivity index (χ2n) is 8.00. The van der Waals surface area contributed by atoms with Gasteiger partial charge in [-0.3, -0.25) is 9.79 Å². The van der Waals surface area contributed by atoms with Crippen molar-refractivity contribution >= 4 is 53.6 Å². The van der Waals surface area contributed by atoms with Crippen molar-refractivity contribution in [3.63, 3.8) is 0 Å². The first-order valence-corrected chi connectivity index (χ1v) is 12.1. The van der Waals surface area contributed by atoms with Gasteiger partial charge in [-0.05, 0) is 18.9 Å². The molecule has 1 N–H and O–H groups in total. The van der Waals surface area contributed by atoms with Crippen LogP contribution in [-0.2, 0) is 4.79 Å². The number of hydrogen-bond acceptors (Lipinski definition) is 6. The topological polar surface area (TPSA) is 77.0 Å². The molecule has 0 radical (unpaired) electrons. The van der Waals surface area contributed by atoms with Gasteiger partial charge >= 0.3 is 0 Å². The first-order chi connectivity index (χ1) is 14.6. The fourth-order valence-corrected chi connectivity index (χ4v) is 5.02. The van der Waals surface area contributed by atoms with Gasteiger partial charge < -0.3 is 20.0 Å². The molecule has 174 valence electrons. The minimum absolute atomic E-state index is 0. The maximum atomic E-state index is 12.7. The van der Waals surface area contributed by atoms with Gasteiger partial charge in [0.15, 0.2) is 5.96 Å². The predicted molar refractivity (Wildman–Crippen MR) is 139 cm³/mol. The molecule has 0 spiro atoms. The smallest absolute Gasteiger partial charge is 0.225 e. The number of piperazine rings is 1. The number of carbonyl (C=O) groups excluding carboxylic acids is 1. The Balaban J connectivity index is 0.00000341. The average molecular weight is 562 g/mol. The molecule has 1 unspecified atom stereocenters. The lowest BCUT2D eigenvalue weighted by atomic mass is 10.1. The molecule has 31 heavy (non-hydrogen) atoms. The summed E-state index contributed by atoms with van der Waals surface area (Å²) in [6, 6.07) is 1.82. The van der Waals surface area contributed by atoms with Gasteiger partial charge in [0.2, 0.25) is 11.9 Å². The van der Waals surface area contributed by atoms with E-state index in [0.29, 0.717) is 37.2 Å². The van der Waals surface area contributed by atoms with Crippen LogP contribution in [0.4, 0.5) is 5.95 Å². The van der Waals surface area contributed by atoms with E-state index in [2.05, 4.69) is 57.6 Å². The number of amides is 1. The summed E-state index contributed by atoms with van der Waals surface area (Å²) in [5.41, 5.74) is 0. The van der Waals surface area contributed by atoms with E-state index in [0.717, 1.165) is 50.4 Å². The van der Waals surface area contributed by atoms with Gasteiger partial charge in [-0.25, -0.2) is 9.97 Å². The number of anilines is 1. The lowest BCUT2D eigenvalue weighted by molar-refractivity contribution is -0.131. The monoisotopic (exact) mass is 561 g/mol. The summed E-state index contributed by atoms with van der Waals surface area (Å²) >= 11 is 2.06. The number of carbonyl (C=O) groups is 1. The summed E-state index contributed by atoms with van der Waals surface area (Å²) in [7, 11) is 0. The molecule has 1 atom stereocenters. The van der Waals surface area contributed by atoms with Gasteiger partial charge in [0.05, 0.1) is 6.54 Å². The molecule has 0 bridgehead atoms. The Morgan fingerprint density at radius 1 is 1.19 bits per heavy atom. The molecule has 3 rings (SSSR count). The fourth-order valence-electron chi connectivity index (χ4n) is 3.72. The second kappa shape index (κ2) is 13.3. The van der Waals surface area contributed by atoms with Crippen LogP contribution < -0.4 is 10.2 Å². The molecule has 2 saturated heterocycles. The van der Waals surface area contributed by atoms with Crippen molar-refractivity contribution < 1.29 is 4.79 Å². The summed E-state index contributed by atoms with van der Waals surface area (Å²) in [6.07, 6.45) is 3.96. The van der Waals surface area contributed by atoms with Crippen molar-refractivity contribution in [3.05, 3.63) is 18.5 Å². The summed E-state index contributed by atoms with van der Waals surface area (Å²) in [4.78, 5) is 32.5. The quantitative estimate of drug-likeness (QED) is 0.324. The molecule has 2 aliphatic heterocycles. The van der Waals surface area contributed by atoms with Crippen LogP contribution in [0.25, 0.3) is 0 Å². The SMILES string of the molecule is CCNC(=NCCC(=O)N1CCN(c2ncccn2)CC1)N1CCSC(C(C)C)C1.I. The van der Waals surface area contributed by atoms with Crippen molar-refractivity contribution in [1.29, 1.82) is 0 Å². The van der Waals surface area contributed by atoms with Gasteiger partial charge in [-0.15, -0.1) is 24.0 Å². The highest BCUT2D eigenvalue weighted by atomic mass is 127. The van der Waals surface area contributed by atoms with Crippen molar-refractivity contribution in [1.82, 2.24) is 25.1 Å². The Bertz CT molecular complexity index is 698. The summed E-state index contributed by atoms with van der Waals surface area (Å²) in [6.45, 7) is 13.0. The minimum Gasteiger partial charge on any atom is -0.357 e. The van der Waals surface area contributed by atoms with Crippen LogP contribution in [0.5, 0.6) is 0 Å². The van der Waals surface area contributed by atoms with E-state index in [1.54, 1.807) is 12.4 Å². The van der Waals surface area contributed by atoms with Crippen molar-refractivity contribution in [2.45, 2.75) is 32.4 Å². The molecule has 2 fully saturated rings. The maximum Gasteiger partial charge on any atom is 0.225 e. The van der Waals surface area contributed by atoms with E-state index in [1.165, 1.54) is 0 Å². The van der Waals surface area contributed by atoms with E-state index < -0.39 is 0 Å². The molecule has 0 aromatic carbocycles. The van der Waals surface area contributed by atoms with Gasteiger partial charge in [0.25, 0.3) is 0 Å². The number of nitrogens with one attached hydrogen (secondary N) is 1. The second-order valence-corrected chi connectivity index (χ2v) is 9.35. The molecule has 0 saturated carbocycles. The third-order valence-corrected chi connectivity index (χ3v) is 7.07. The molecular formula is C21H36IN7OS. The predicted octanol–water partition coefficient (Wildman–Crippen LogP) is 2.17. The molecule has 10 heteroatoms. The average Bonchev–Trinajstić information content (AvgIpc) is 2.79. The van der Waals surface area contributed by atoms with Gasteiger partial charge in [-0.2, -0.15) is 11.8 Å². The molecule has 8 nitrogen and oxygen atoms in total. The number of halogens is 1. The highest BCUT2D eigenvalue weighted by Gasteiger charge is 2.25. The van der Waals surface area contributed by atoms with Crippen molar-refractivity contribution in [2.75, 3.05) is 63.0 Å². The van der Waals surface area contributed by atoms with Gasteiger partial charge in [-0.1, -0.05) is 13.8 Å². The van der Waals surface area contributed by atoms with Crippen molar-refractivity contribution in [3.8, 4) is 0 Å². The molecule has 2 aliphatic rings. The van der Waals surface area contributed by atoms with Crippen LogP contribution in [0.2, 0.25) is 0 Å². The van der Waals surface area contributed by atoms with Gasteiger partial charge in [0.1, 0.15) is 0 Å². The Labute approximate surface area is 207 Å². The summed E-state index contributed by atoms with van der Waals surface area (Å²) in [5, 5.41) is 4.04. The zero-order valence-corrected chi connectivity index (χ0v) is 22.0. The Morgan fingerprint density at radius 3 is 2.55 bits per heavy atom. The van der Waals surface area contributed by atoms with Crippen LogP contribution in [0.15, 0.2) is 23.5 Å². The third kappa shape index (κ3) is 7.65. The number of aliphatic imine (C=N–C) groups is 1. The molecule has 1 aromatic rings. The Kier molecular flexibility index (Phi) is 11.1. The Hall–Kier alpha value is -1.30. The van der Waals surface area contributed by atoms with E-state index in [9.17, 15) is 4.79 Å². The number of nitrogens with zero attached hydrogens (tertiary/aromatic N) is 6. The highest BCUT2D eigenvalue weighted by molar-refractivity contribution is 14.0. The Morgan fingerprint density at radius 2 is 1.90 bits per heavy atom. The first-order valence-electron chi connectivity index (χ1n) is 11.0. The van der Waals surface area contributed by atoms with E-state index in [-0.39, 0.29) is 29.9 Å². The third-order valence-electron chi connectivity index (χ3n) is 5.53. The fraction of sp³-hybridized carbons (Fsp3) is 0.714. The number of rotatable bonds is 6. The minimum atomic E-state index is 0.